The molecule has 0 aliphatic carbocycles. The van der Waals surface area contributed by atoms with Gasteiger partial charge in [-0.05, 0) is 72.4 Å². The molecule has 0 heterocycles. The van der Waals surface area contributed by atoms with Crippen LogP contribution >= 0.6 is 0 Å². The van der Waals surface area contributed by atoms with Gasteiger partial charge in [0.25, 0.3) is 0 Å². The molecule has 0 aliphatic rings. The number of anilines is 1. The van der Waals surface area contributed by atoms with E-state index >= 15 is 0 Å². The first kappa shape index (κ1) is 14.6. The molecule has 0 aromatic heterocycles. The second kappa shape index (κ2) is 5.21. The van der Waals surface area contributed by atoms with Crippen molar-refractivity contribution in [3.63, 3.8) is 0 Å². The normalized spacial score (nSPS) is 11.9. The summed E-state index contributed by atoms with van der Waals surface area (Å²) in [5.41, 5.74) is 9.17. The Morgan fingerprint density at radius 2 is 1.07 bits per heavy atom. The van der Waals surface area contributed by atoms with Crippen molar-refractivity contribution >= 4 is 48.8 Å². The van der Waals surface area contributed by atoms with Crippen LogP contribution in [0, 0.1) is 0 Å². The van der Waals surface area contributed by atoms with E-state index in [1.165, 1.54) is 54.2 Å². The van der Waals surface area contributed by atoms with Crippen LogP contribution in [0.3, 0.4) is 0 Å². The highest BCUT2D eigenvalue weighted by Gasteiger charge is 2.15. The summed E-state index contributed by atoms with van der Waals surface area (Å²) in [7, 11) is 0. The number of hydrogen-bond acceptors (Lipinski definition) is 1. The average molecular weight is 343 g/mol. The molecule has 0 saturated heterocycles. The number of hydrogen-bond donors (Lipinski definition) is 1. The molecule has 2 N–H and O–H groups in total. The maximum atomic E-state index is 5.91. The molecule has 0 aliphatic heterocycles. The van der Waals surface area contributed by atoms with E-state index in [1.54, 1.807) is 0 Å². The van der Waals surface area contributed by atoms with Gasteiger partial charge in [-0.3, -0.25) is 0 Å². The maximum absolute atomic E-state index is 5.91. The van der Waals surface area contributed by atoms with Crippen molar-refractivity contribution in [2.75, 3.05) is 5.73 Å². The lowest BCUT2D eigenvalue weighted by atomic mass is 9.86. The lowest BCUT2D eigenvalue weighted by Gasteiger charge is -2.17. The summed E-state index contributed by atoms with van der Waals surface area (Å²) in [5.74, 6) is 0. The van der Waals surface area contributed by atoms with E-state index in [0.29, 0.717) is 0 Å². The fourth-order valence-corrected chi connectivity index (χ4v) is 4.55. The smallest absolute Gasteiger partial charge is 0.0314 e. The Hall–Kier alpha value is -3.58. The summed E-state index contributed by atoms with van der Waals surface area (Å²) in [6, 6.07) is 32.6. The van der Waals surface area contributed by atoms with Crippen LogP contribution in [0.2, 0.25) is 0 Å². The molecule has 0 atom stereocenters. The molecule has 27 heavy (non-hydrogen) atoms. The Balaban J connectivity index is 1.91. The number of rotatable bonds is 1. The third kappa shape index (κ3) is 1.94. The predicted molar refractivity (Wildman–Crippen MR) is 118 cm³/mol. The van der Waals surface area contributed by atoms with Gasteiger partial charge in [0.2, 0.25) is 0 Å². The second-order valence-corrected chi connectivity index (χ2v) is 7.22. The van der Waals surface area contributed by atoms with Crippen LogP contribution in [0.25, 0.3) is 54.2 Å². The summed E-state index contributed by atoms with van der Waals surface area (Å²) in [6.07, 6.45) is 0. The zero-order valence-electron chi connectivity index (χ0n) is 14.7. The summed E-state index contributed by atoms with van der Waals surface area (Å²) in [6.45, 7) is 0. The average Bonchev–Trinajstić information content (AvgIpc) is 2.73. The third-order valence-corrected chi connectivity index (χ3v) is 5.73. The van der Waals surface area contributed by atoms with Crippen molar-refractivity contribution in [3.8, 4) is 11.1 Å². The Kier molecular flexibility index (Phi) is 2.81. The first-order valence-electron chi connectivity index (χ1n) is 9.25. The van der Waals surface area contributed by atoms with E-state index in [9.17, 15) is 0 Å². The lowest BCUT2D eigenvalue weighted by Crippen LogP contribution is -1.90. The molecular weight excluding hydrogens is 326 g/mol. The quantitative estimate of drug-likeness (QED) is 0.194. The molecule has 0 amide bonds. The van der Waals surface area contributed by atoms with Crippen molar-refractivity contribution in [1.82, 2.24) is 0 Å². The molecular formula is C26H17N. The lowest BCUT2D eigenvalue weighted by molar-refractivity contribution is 1.66. The molecule has 0 radical (unpaired) electrons. The minimum absolute atomic E-state index is 0.793. The van der Waals surface area contributed by atoms with E-state index in [2.05, 4.69) is 78.9 Å². The van der Waals surface area contributed by atoms with Gasteiger partial charge in [0.1, 0.15) is 0 Å². The van der Waals surface area contributed by atoms with E-state index in [1.807, 2.05) is 12.1 Å². The molecule has 0 unspecified atom stereocenters. The Morgan fingerprint density at radius 3 is 1.81 bits per heavy atom. The van der Waals surface area contributed by atoms with E-state index in [-0.39, 0.29) is 0 Å². The van der Waals surface area contributed by atoms with Gasteiger partial charge in [-0.15, -0.1) is 0 Å². The van der Waals surface area contributed by atoms with E-state index in [4.69, 9.17) is 5.73 Å². The van der Waals surface area contributed by atoms with Crippen molar-refractivity contribution in [1.29, 1.82) is 0 Å². The fourth-order valence-electron chi connectivity index (χ4n) is 4.55. The molecule has 6 aromatic carbocycles. The molecule has 6 rings (SSSR count). The van der Waals surface area contributed by atoms with Gasteiger partial charge in [-0.1, -0.05) is 72.8 Å². The van der Waals surface area contributed by atoms with Crippen LogP contribution in [-0.4, -0.2) is 0 Å². The first-order chi connectivity index (χ1) is 13.3. The predicted octanol–water partition coefficient (Wildman–Crippen LogP) is 6.99. The zero-order valence-corrected chi connectivity index (χ0v) is 14.7. The summed E-state index contributed by atoms with van der Waals surface area (Å²) in [5, 5.41) is 10.6. The van der Waals surface area contributed by atoms with Crippen LogP contribution in [0.4, 0.5) is 5.69 Å². The molecule has 1 nitrogen and oxygen atoms in total. The molecule has 0 saturated carbocycles. The topological polar surface area (TPSA) is 26.0 Å². The zero-order chi connectivity index (χ0) is 18.0. The van der Waals surface area contributed by atoms with Crippen molar-refractivity contribution in [2.45, 2.75) is 0 Å². The van der Waals surface area contributed by atoms with Gasteiger partial charge in [0.15, 0.2) is 0 Å². The SMILES string of the molecule is Nc1ccc(-c2cc3cccc4c5ccccc5c5cccc2c5c34)cc1. The van der Waals surface area contributed by atoms with Crippen LogP contribution in [0.15, 0.2) is 91.0 Å². The number of nitrogens with two attached hydrogens (primary N) is 1. The Bertz CT molecular complexity index is 1460. The summed E-state index contributed by atoms with van der Waals surface area (Å²) >= 11 is 0. The molecule has 126 valence electrons. The standard InChI is InChI=1S/C26H17N/c27-18-13-11-16(12-14-18)24-15-17-5-3-8-21-19-6-1-2-7-20(19)22-9-4-10-23(24)26(22)25(17)21/h1-15H,27H2. The summed E-state index contributed by atoms with van der Waals surface area (Å²) in [4.78, 5) is 0. The van der Waals surface area contributed by atoms with E-state index < -0.39 is 0 Å². The Labute approximate surface area is 157 Å². The van der Waals surface area contributed by atoms with Crippen LogP contribution in [0.1, 0.15) is 0 Å². The molecule has 0 spiro atoms. The third-order valence-electron chi connectivity index (χ3n) is 5.73. The van der Waals surface area contributed by atoms with Gasteiger partial charge in [-0.25, -0.2) is 0 Å². The largest absolute Gasteiger partial charge is 0.399 e. The fraction of sp³-hybridized carbons (Fsp3) is 0. The maximum Gasteiger partial charge on any atom is 0.0314 e. The van der Waals surface area contributed by atoms with Crippen molar-refractivity contribution < 1.29 is 0 Å². The van der Waals surface area contributed by atoms with Gasteiger partial charge in [-0.2, -0.15) is 0 Å². The minimum Gasteiger partial charge on any atom is -0.399 e. The monoisotopic (exact) mass is 343 g/mol. The van der Waals surface area contributed by atoms with Gasteiger partial charge >= 0.3 is 0 Å². The Morgan fingerprint density at radius 1 is 0.481 bits per heavy atom. The minimum atomic E-state index is 0.793. The van der Waals surface area contributed by atoms with Gasteiger partial charge < -0.3 is 5.73 Å². The van der Waals surface area contributed by atoms with Crippen LogP contribution < -0.4 is 5.73 Å². The summed E-state index contributed by atoms with van der Waals surface area (Å²) < 4.78 is 0. The highest BCUT2D eigenvalue weighted by Crippen LogP contribution is 2.44. The molecule has 0 bridgehead atoms. The van der Waals surface area contributed by atoms with Gasteiger partial charge in [0.05, 0.1) is 0 Å². The van der Waals surface area contributed by atoms with E-state index in [0.717, 1.165) is 5.69 Å². The second-order valence-electron chi connectivity index (χ2n) is 7.22. The molecule has 1 heteroatoms. The van der Waals surface area contributed by atoms with Crippen LogP contribution in [0.5, 0.6) is 0 Å². The van der Waals surface area contributed by atoms with Crippen molar-refractivity contribution in [2.24, 2.45) is 0 Å². The van der Waals surface area contributed by atoms with Crippen LogP contribution in [-0.2, 0) is 0 Å². The molecule has 6 aromatic rings. The van der Waals surface area contributed by atoms with Gasteiger partial charge in [0, 0.05) is 5.69 Å². The number of nitrogen functional groups attached to an aromatic ring is 1. The number of benzene rings is 6. The molecule has 0 fully saturated rings. The van der Waals surface area contributed by atoms with Crippen molar-refractivity contribution in [3.05, 3.63) is 91.0 Å². The highest BCUT2D eigenvalue weighted by molar-refractivity contribution is 6.35. The highest BCUT2D eigenvalue weighted by atomic mass is 14.5. The first-order valence-corrected chi connectivity index (χ1v) is 9.25. The number of fused-ring (bicyclic) bond motifs is 3.